The van der Waals surface area contributed by atoms with E-state index in [9.17, 15) is 0 Å². The first-order valence-corrected chi connectivity index (χ1v) is 5.91. The predicted octanol–water partition coefficient (Wildman–Crippen LogP) is 3.45. The van der Waals surface area contributed by atoms with Crippen molar-refractivity contribution in [2.75, 3.05) is 7.05 Å². The van der Waals surface area contributed by atoms with Crippen LogP contribution in [0, 0.1) is 11.8 Å². The molecular weight excluding hydrogens is 158 g/mol. The molecule has 0 bridgehead atoms. The summed E-state index contributed by atoms with van der Waals surface area (Å²) in [7, 11) is 2.09. The molecule has 0 aromatic carbocycles. The normalized spacial score (nSPS) is 34.4. The molecule has 0 radical (unpaired) electrons. The van der Waals surface area contributed by atoms with Gasteiger partial charge in [-0.15, -0.1) is 0 Å². The second kappa shape index (κ2) is 7.37. The molecule has 1 aliphatic rings. The third-order valence-electron chi connectivity index (χ3n) is 3.14. The highest BCUT2D eigenvalue weighted by Crippen LogP contribution is 2.26. The molecule has 1 nitrogen and oxygen atoms in total. The van der Waals surface area contributed by atoms with Gasteiger partial charge in [-0.3, -0.25) is 0 Å². The predicted molar refractivity (Wildman–Crippen MR) is 61.0 cm³/mol. The second-order valence-electron chi connectivity index (χ2n) is 4.13. The summed E-state index contributed by atoms with van der Waals surface area (Å²) in [6.07, 6.45) is 5.63. The molecule has 1 fully saturated rings. The van der Waals surface area contributed by atoms with Gasteiger partial charge in [0.15, 0.2) is 0 Å². The summed E-state index contributed by atoms with van der Waals surface area (Å²) in [5.41, 5.74) is 0. The first-order valence-electron chi connectivity index (χ1n) is 5.91. The minimum atomic E-state index is 0.778. The number of hydrogen-bond acceptors (Lipinski definition) is 1. The maximum atomic E-state index is 3.41. The van der Waals surface area contributed by atoms with Gasteiger partial charge in [0.05, 0.1) is 0 Å². The minimum absolute atomic E-state index is 0.778. The molecule has 0 saturated heterocycles. The average Bonchev–Trinajstić information content (AvgIpc) is 2.33. The van der Waals surface area contributed by atoms with Crippen LogP contribution in [-0.4, -0.2) is 13.1 Å². The molecule has 0 spiro atoms. The second-order valence-corrected chi connectivity index (χ2v) is 4.13. The molecule has 3 atom stereocenters. The Kier molecular flexibility index (Phi) is 7.35. The zero-order chi connectivity index (χ0) is 10.3. The van der Waals surface area contributed by atoms with Crippen molar-refractivity contribution in [3.05, 3.63) is 0 Å². The Morgan fingerprint density at radius 1 is 0.923 bits per heavy atom. The van der Waals surface area contributed by atoms with Crippen LogP contribution in [0.2, 0.25) is 0 Å². The maximum Gasteiger partial charge on any atom is 0.00897 e. The van der Waals surface area contributed by atoms with Gasteiger partial charge in [0.1, 0.15) is 0 Å². The van der Waals surface area contributed by atoms with E-state index in [-0.39, 0.29) is 0 Å². The summed E-state index contributed by atoms with van der Waals surface area (Å²) in [6, 6.07) is 0.778. The smallest absolute Gasteiger partial charge is 0.00897 e. The van der Waals surface area contributed by atoms with Crippen LogP contribution in [0.4, 0.5) is 0 Å². The summed E-state index contributed by atoms with van der Waals surface area (Å²) < 4.78 is 0. The lowest BCUT2D eigenvalue weighted by Crippen LogP contribution is -2.30. The Bertz CT molecular complexity index is 112. The standard InChI is InChI=1S/C10H21N.C2H6/c1-8-4-6-9(2)10(11-3)7-5-8;1-2/h8-11H,4-7H2,1-3H3;1-2H3. The SMILES string of the molecule is CC.CNC1CCC(C)CCC1C. The Morgan fingerprint density at radius 3 is 2.00 bits per heavy atom. The van der Waals surface area contributed by atoms with Crippen molar-refractivity contribution in [3.63, 3.8) is 0 Å². The summed E-state index contributed by atoms with van der Waals surface area (Å²) in [4.78, 5) is 0. The van der Waals surface area contributed by atoms with E-state index in [1.165, 1.54) is 25.7 Å². The zero-order valence-corrected chi connectivity index (χ0v) is 10.1. The monoisotopic (exact) mass is 185 g/mol. The van der Waals surface area contributed by atoms with Crippen molar-refractivity contribution in [2.45, 2.75) is 59.4 Å². The largest absolute Gasteiger partial charge is 0.317 e. The van der Waals surface area contributed by atoms with Gasteiger partial charge in [-0.2, -0.15) is 0 Å². The lowest BCUT2D eigenvalue weighted by atomic mass is 9.97. The van der Waals surface area contributed by atoms with E-state index in [2.05, 4.69) is 26.2 Å². The quantitative estimate of drug-likeness (QED) is 0.617. The fourth-order valence-corrected chi connectivity index (χ4v) is 2.07. The Morgan fingerprint density at radius 2 is 1.46 bits per heavy atom. The third kappa shape index (κ3) is 4.66. The fraction of sp³-hybridized carbons (Fsp3) is 1.00. The fourth-order valence-electron chi connectivity index (χ4n) is 2.07. The molecule has 1 aliphatic carbocycles. The first kappa shape index (κ1) is 13.0. The molecule has 0 aromatic heterocycles. The van der Waals surface area contributed by atoms with E-state index in [1.54, 1.807) is 0 Å². The Balaban J connectivity index is 0.000000671. The van der Waals surface area contributed by atoms with Crippen LogP contribution in [0.25, 0.3) is 0 Å². The van der Waals surface area contributed by atoms with Crippen LogP contribution in [0.3, 0.4) is 0 Å². The van der Waals surface area contributed by atoms with E-state index >= 15 is 0 Å². The van der Waals surface area contributed by atoms with Gasteiger partial charge in [-0.1, -0.05) is 34.1 Å². The minimum Gasteiger partial charge on any atom is -0.317 e. The first-order chi connectivity index (χ1) is 6.24. The molecule has 1 heteroatoms. The summed E-state index contributed by atoms with van der Waals surface area (Å²) in [5.74, 6) is 1.83. The van der Waals surface area contributed by atoms with E-state index in [0.29, 0.717) is 0 Å². The Labute approximate surface area is 84.3 Å². The molecule has 0 aliphatic heterocycles. The highest BCUT2D eigenvalue weighted by molar-refractivity contribution is 4.77. The van der Waals surface area contributed by atoms with Crippen LogP contribution in [0.1, 0.15) is 53.4 Å². The van der Waals surface area contributed by atoms with Crippen molar-refractivity contribution >= 4 is 0 Å². The van der Waals surface area contributed by atoms with Crippen molar-refractivity contribution in [1.82, 2.24) is 5.32 Å². The third-order valence-corrected chi connectivity index (χ3v) is 3.14. The summed E-state index contributed by atoms with van der Waals surface area (Å²) in [6.45, 7) is 8.75. The zero-order valence-electron chi connectivity index (χ0n) is 10.1. The number of rotatable bonds is 1. The van der Waals surface area contributed by atoms with E-state index in [0.717, 1.165) is 17.9 Å². The van der Waals surface area contributed by atoms with Gasteiger partial charge in [-0.05, 0) is 38.1 Å². The highest BCUT2D eigenvalue weighted by atomic mass is 14.9. The van der Waals surface area contributed by atoms with Gasteiger partial charge in [-0.25, -0.2) is 0 Å². The van der Waals surface area contributed by atoms with Gasteiger partial charge < -0.3 is 5.32 Å². The van der Waals surface area contributed by atoms with Crippen LogP contribution in [0.5, 0.6) is 0 Å². The van der Waals surface area contributed by atoms with Crippen LogP contribution < -0.4 is 5.32 Å². The highest BCUT2D eigenvalue weighted by Gasteiger charge is 2.20. The van der Waals surface area contributed by atoms with Gasteiger partial charge in [0.2, 0.25) is 0 Å². The molecule has 1 N–H and O–H groups in total. The van der Waals surface area contributed by atoms with Crippen LogP contribution in [0.15, 0.2) is 0 Å². The lowest BCUT2D eigenvalue weighted by Gasteiger charge is -2.19. The van der Waals surface area contributed by atoms with Gasteiger partial charge >= 0.3 is 0 Å². The molecule has 0 heterocycles. The van der Waals surface area contributed by atoms with E-state index in [1.807, 2.05) is 13.8 Å². The van der Waals surface area contributed by atoms with E-state index in [4.69, 9.17) is 0 Å². The molecule has 13 heavy (non-hydrogen) atoms. The van der Waals surface area contributed by atoms with Gasteiger partial charge in [0, 0.05) is 6.04 Å². The van der Waals surface area contributed by atoms with E-state index < -0.39 is 0 Å². The van der Waals surface area contributed by atoms with Crippen molar-refractivity contribution in [1.29, 1.82) is 0 Å². The average molecular weight is 185 g/mol. The molecule has 1 saturated carbocycles. The molecule has 0 aromatic rings. The molecular formula is C12H27N. The van der Waals surface area contributed by atoms with Gasteiger partial charge in [0.25, 0.3) is 0 Å². The lowest BCUT2D eigenvalue weighted by molar-refractivity contribution is 0.379. The molecule has 0 amide bonds. The summed E-state index contributed by atoms with van der Waals surface area (Å²) >= 11 is 0. The van der Waals surface area contributed by atoms with Crippen LogP contribution in [-0.2, 0) is 0 Å². The molecule has 1 rings (SSSR count). The number of nitrogens with one attached hydrogen (secondary N) is 1. The van der Waals surface area contributed by atoms with Crippen LogP contribution >= 0.6 is 0 Å². The van der Waals surface area contributed by atoms with Crippen molar-refractivity contribution in [3.8, 4) is 0 Å². The maximum absolute atomic E-state index is 3.41. The number of hydrogen-bond donors (Lipinski definition) is 1. The topological polar surface area (TPSA) is 12.0 Å². The summed E-state index contributed by atoms with van der Waals surface area (Å²) in [5, 5.41) is 3.41. The van der Waals surface area contributed by atoms with Crippen molar-refractivity contribution in [2.24, 2.45) is 11.8 Å². The molecule has 80 valence electrons. The Hall–Kier alpha value is -0.0400. The van der Waals surface area contributed by atoms with Crippen molar-refractivity contribution < 1.29 is 0 Å². The molecule has 3 unspecified atom stereocenters.